The van der Waals surface area contributed by atoms with Crippen molar-refractivity contribution in [2.24, 2.45) is 0 Å². The Labute approximate surface area is 93.7 Å². The number of rotatable bonds is 2. The summed E-state index contributed by atoms with van der Waals surface area (Å²) in [6, 6.07) is 1.34. The number of aromatic carboxylic acids is 1. The highest BCUT2D eigenvalue weighted by molar-refractivity contribution is 8.13. The molecule has 0 bridgehead atoms. The third kappa shape index (κ3) is 2.58. The fourth-order valence-electron chi connectivity index (χ4n) is 0.861. The van der Waals surface area contributed by atoms with Crippen LogP contribution in [0.3, 0.4) is 0 Å². The Balaban J connectivity index is 3.57. The average molecular weight is 273 g/mol. The molecule has 0 aliphatic carbocycles. The average Bonchev–Trinajstić information content (AvgIpc) is 2.06. The number of carboxylic acids is 1. The SMILES string of the molecule is O=C(O)c1cc(S(=O)(=O)Cl)cc(Cl)c1F. The van der Waals surface area contributed by atoms with Gasteiger partial charge in [-0.3, -0.25) is 0 Å². The van der Waals surface area contributed by atoms with Crippen LogP contribution in [0.25, 0.3) is 0 Å². The second-order valence-corrected chi connectivity index (χ2v) is 5.48. The summed E-state index contributed by atoms with van der Waals surface area (Å²) in [4.78, 5) is 9.95. The lowest BCUT2D eigenvalue weighted by atomic mass is 10.2. The molecule has 0 atom stereocenters. The summed E-state index contributed by atoms with van der Waals surface area (Å²) < 4.78 is 34.8. The van der Waals surface area contributed by atoms with E-state index < -0.39 is 36.3 Å². The summed E-state index contributed by atoms with van der Waals surface area (Å²) in [6.07, 6.45) is 0. The summed E-state index contributed by atoms with van der Waals surface area (Å²) in [5.74, 6) is -2.83. The minimum absolute atomic E-state index is 0.562. The molecule has 0 radical (unpaired) electrons. The molecule has 1 aromatic carbocycles. The van der Waals surface area contributed by atoms with E-state index >= 15 is 0 Å². The van der Waals surface area contributed by atoms with Crippen molar-refractivity contribution in [2.75, 3.05) is 0 Å². The van der Waals surface area contributed by atoms with Crippen LogP contribution >= 0.6 is 22.3 Å². The topological polar surface area (TPSA) is 71.4 Å². The molecule has 15 heavy (non-hydrogen) atoms. The van der Waals surface area contributed by atoms with E-state index in [1.54, 1.807) is 0 Å². The zero-order valence-electron chi connectivity index (χ0n) is 6.87. The van der Waals surface area contributed by atoms with Crippen LogP contribution in [-0.4, -0.2) is 19.5 Å². The monoisotopic (exact) mass is 272 g/mol. The predicted molar refractivity (Wildman–Crippen MR) is 51.4 cm³/mol. The highest BCUT2D eigenvalue weighted by Crippen LogP contribution is 2.25. The van der Waals surface area contributed by atoms with Gasteiger partial charge in [0.25, 0.3) is 9.05 Å². The lowest BCUT2D eigenvalue weighted by Crippen LogP contribution is -2.03. The maximum atomic E-state index is 13.1. The molecule has 0 unspecified atom stereocenters. The number of benzene rings is 1. The summed E-state index contributed by atoms with van der Waals surface area (Å²) in [6.45, 7) is 0. The van der Waals surface area contributed by atoms with Gasteiger partial charge in [-0.2, -0.15) is 0 Å². The van der Waals surface area contributed by atoms with Gasteiger partial charge in [0.2, 0.25) is 0 Å². The molecule has 0 spiro atoms. The van der Waals surface area contributed by atoms with Crippen molar-refractivity contribution in [3.05, 3.63) is 28.5 Å². The van der Waals surface area contributed by atoms with E-state index in [9.17, 15) is 17.6 Å². The molecular formula is C7H3Cl2FO4S. The quantitative estimate of drug-likeness (QED) is 0.837. The number of hydrogen-bond donors (Lipinski definition) is 1. The van der Waals surface area contributed by atoms with E-state index in [1.165, 1.54) is 0 Å². The Morgan fingerprint density at radius 3 is 2.33 bits per heavy atom. The van der Waals surface area contributed by atoms with Crippen molar-refractivity contribution in [1.82, 2.24) is 0 Å². The molecule has 0 amide bonds. The van der Waals surface area contributed by atoms with Gasteiger partial charge >= 0.3 is 5.97 Å². The minimum atomic E-state index is -4.14. The fourth-order valence-corrected chi connectivity index (χ4v) is 1.93. The van der Waals surface area contributed by atoms with E-state index in [4.69, 9.17) is 27.4 Å². The van der Waals surface area contributed by atoms with Crippen LogP contribution in [0.5, 0.6) is 0 Å². The highest BCUT2D eigenvalue weighted by Gasteiger charge is 2.20. The van der Waals surface area contributed by atoms with Gasteiger partial charge in [0, 0.05) is 10.7 Å². The van der Waals surface area contributed by atoms with Crippen LogP contribution in [0.1, 0.15) is 10.4 Å². The van der Waals surface area contributed by atoms with Crippen LogP contribution in [0.2, 0.25) is 5.02 Å². The van der Waals surface area contributed by atoms with Crippen molar-refractivity contribution in [3.8, 4) is 0 Å². The maximum absolute atomic E-state index is 13.1. The summed E-state index contributed by atoms with van der Waals surface area (Å²) in [5.41, 5.74) is -0.846. The Hall–Kier alpha value is -0.850. The van der Waals surface area contributed by atoms with Crippen LogP contribution < -0.4 is 0 Å². The Bertz CT molecular complexity index is 526. The van der Waals surface area contributed by atoms with Crippen molar-refractivity contribution in [1.29, 1.82) is 0 Å². The van der Waals surface area contributed by atoms with Crippen LogP contribution in [0.4, 0.5) is 4.39 Å². The first-order chi connectivity index (χ1) is 6.73. The highest BCUT2D eigenvalue weighted by atomic mass is 35.7. The molecule has 8 heteroatoms. The zero-order valence-corrected chi connectivity index (χ0v) is 9.20. The zero-order chi connectivity index (χ0) is 11.8. The first kappa shape index (κ1) is 12.2. The first-order valence-electron chi connectivity index (χ1n) is 3.40. The van der Waals surface area contributed by atoms with Gasteiger partial charge < -0.3 is 5.11 Å². The predicted octanol–water partition coefficient (Wildman–Crippen LogP) is 2.10. The third-order valence-corrected chi connectivity index (χ3v) is 3.12. The Morgan fingerprint density at radius 1 is 1.40 bits per heavy atom. The fraction of sp³-hybridized carbons (Fsp3) is 0. The van der Waals surface area contributed by atoms with Gasteiger partial charge in [-0.05, 0) is 12.1 Å². The maximum Gasteiger partial charge on any atom is 0.338 e. The number of carbonyl (C=O) groups is 1. The van der Waals surface area contributed by atoms with Gasteiger partial charge in [-0.1, -0.05) is 11.6 Å². The molecule has 82 valence electrons. The molecular weight excluding hydrogens is 270 g/mol. The van der Waals surface area contributed by atoms with E-state index in [0.29, 0.717) is 6.07 Å². The smallest absolute Gasteiger partial charge is 0.338 e. The molecule has 0 aliphatic rings. The molecule has 0 aromatic heterocycles. The van der Waals surface area contributed by atoms with Crippen LogP contribution in [0, 0.1) is 5.82 Å². The first-order valence-corrected chi connectivity index (χ1v) is 6.09. The number of halogens is 3. The van der Waals surface area contributed by atoms with Crippen LogP contribution in [0.15, 0.2) is 17.0 Å². The molecule has 1 rings (SSSR count). The molecule has 1 aromatic rings. The van der Waals surface area contributed by atoms with E-state index in [1.807, 2.05) is 0 Å². The minimum Gasteiger partial charge on any atom is -0.478 e. The third-order valence-electron chi connectivity index (χ3n) is 1.51. The van der Waals surface area contributed by atoms with Crippen molar-refractivity contribution in [3.63, 3.8) is 0 Å². The van der Waals surface area contributed by atoms with E-state index in [-0.39, 0.29) is 0 Å². The van der Waals surface area contributed by atoms with Gasteiger partial charge in [-0.25, -0.2) is 17.6 Å². The summed E-state index contributed by atoms with van der Waals surface area (Å²) >= 11 is 5.31. The second kappa shape index (κ2) is 3.96. The molecule has 4 nitrogen and oxygen atoms in total. The lowest BCUT2D eigenvalue weighted by Gasteiger charge is -2.02. The van der Waals surface area contributed by atoms with Gasteiger partial charge in [0.15, 0.2) is 5.82 Å². The summed E-state index contributed by atoms with van der Waals surface area (Å²) in [5, 5.41) is 7.93. The second-order valence-electron chi connectivity index (χ2n) is 2.51. The van der Waals surface area contributed by atoms with Gasteiger partial charge in [0.1, 0.15) is 0 Å². The Kier molecular flexibility index (Phi) is 3.22. The standard InChI is InChI=1S/C7H3Cl2FO4S/c8-5-2-3(15(9,13)14)1-4(6(5)10)7(11)12/h1-2H,(H,11,12). The van der Waals surface area contributed by atoms with Crippen molar-refractivity contribution >= 4 is 37.3 Å². The lowest BCUT2D eigenvalue weighted by molar-refractivity contribution is 0.0691. The molecule has 0 saturated heterocycles. The summed E-state index contributed by atoms with van der Waals surface area (Å²) in [7, 11) is 0.817. The van der Waals surface area contributed by atoms with E-state index in [0.717, 1.165) is 6.07 Å². The Morgan fingerprint density at radius 2 is 1.93 bits per heavy atom. The van der Waals surface area contributed by atoms with Gasteiger partial charge in [0.05, 0.1) is 15.5 Å². The number of hydrogen-bond acceptors (Lipinski definition) is 3. The van der Waals surface area contributed by atoms with E-state index in [2.05, 4.69) is 0 Å². The molecule has 0 saturated carbocycles. The van der Waals surface area contributed by atoms with Gasteiger partial charge in [-0.15, -0.1) is 0 Å². The number of carboxylic acid groups (broad SMARTS) is 1. The largest absolute Gasteiger partial charge is 0.478 e. The van der Waals surface area contributed by atoms with Crippen LogP contribution in [-0.2, 0) is 9.05 Å². The normalized spacial score (nSPS) is 11.4. The molecule has 1 N–H and O–H groups in total. The molecule has 0 heterocycles. The molecule has 0 aliphatic heterocycles. The molecule has 0 fully saturated rings. The van der Waals surface area contributed by atoms with Crippen molar-refractivity contribution in [2.45, 2.75) is 4.90 Å². The van der Waals surface area contributed by atoms with Crippen molar-refractivity contribution < 1.29 is 22.7 Å².